The highest BCUT2D eigenvalue weighted by atomic mass is 35.5. The summed E-state index contributed by atoms with van der Waals surface area (Å²) in [6, 6.07) is 10.2. The molecule has 2 aromatic rings. The predicted octanol–water partition coefficient (Wildman–Crippen LogP) is 3.08. The lowest BCUT2D eigenvalue weighted by Gasteiger charge is -2.08. The van der Waals surface area contributed by atoms with Crippen LogP contribution in [0, 0.1) is 11.3 Å². The first-order valence-corrected chi connectivity index (χ1v) is 5.91. The van der Waals surface area contributed by atoms with E-state index >= 15 is 0 Å². The normalized spacial score (nSPS) is 10.1. The van der Waals surface area contributed by atoms with Crippen molar-refractivity contribution in [2.75, 3.05) is 0 Å². The summed E-state index contributed by atoms with van der Waals surface area (Å²) in [7, 11) is 0. The molecule has 2 rings (SSSR count). The van der Waals surface area contributed by atoms with E-state index in [9.17, 15) is 4.79 Å². The van der Waals surface area contributed by atoms with Crippen molar-refractivity contribution in [3.05, 3.63) is 68.1 Å². The van der Waals surface area contributed by atoms with Crippen molar-refractivity contribution in [2.45, 2.75) is 6.54 Å². The summed E-state index contributed by atoms with van der Waals surface area (Å²) in [4.78, 5) is 11.9. The van der Waals surface area contributed by atoms with Crippen molar-refractivity contribution in [3.63, 3.8) is 0 Å². The van der Waals surface area contributed by atoms with Gasteiger partial charge in [0.05, 0.1) is 16.6 Å². The maximum Gasteiger partial charge on any atom is 0.268 e. The highest BCUT2D eigenvalue weighted by Crippen LogP contribution is 2.25. The van der Waals surface area contributed by atoms with Crippen LogP contribution in [0.5, 0.6) is 0 Å². The molecule has 0 unspecified atom stereocenters. The number of pyridine rings is 1. The van der Waals surface area contributed by atoms with E-state index in [4.69, 9.17) is 28.5 Å². The summed E-state index contributed by atoms with van der Waals surface area (Å²) in [5.74, 6) is 0. The van der Waals surface area contributed by atoms with Crippen molar-refractivity contribution < 1.29 is 0 Å². The number of nitriles is 1. The van der Waals surface area contributed by atoms with Crippen LogP contribution < -0.4 is 5.56 Å². The van der Waals surface area contributed by atoms with Gasteiger partial charge in [-0.2, -0.15) is 5.26 Å². The molecule has 0 aliphatic carbocycles. The van der Waals surface area contributed by atoms with Crippen LogP contribution in [0.3, 0.4) is 0 Å². The van der Waals surface area contributed by atoms with Crippen LogP contribution in [0.15, 0.2) is 41.3 Å². The summed E-state index contributed by atoms with van der Waals surface area (Å²) in [5, 5.41) is 9.66. The first-order chi connectivity index (χ1) is 8.63. The summed E-state index contributed by atoms with van der Waals surface area (Å²) in [6.07, 6.45) is 1.61. The van der Waals surface area contributed by atoms with Gasteiger partial charge in [-0.15, -0.1) is 0 Å². The molecule has 0 amide bonds. The zero-order valence-electron chi connectivity index (χ0n) is 9.23. The average Bonchev–Trinajstić information content (AvgIpc) is 2.37. The van der Waals surface area contributed by atoms with Crippen molar-refractivity contribution in [3.8, 4) is 6.07 Å². The lowest BCUT2D eigenvalue weighted by atomic mass is 10.2. The van der Waals surface area contributed by atoms with E-state index in [0.29, 0.717) is 10.0 Å². The average molecular weight is 279 g/mol. The maximum absolute atomic E-state index is 11.9. The number of benzene rings is 1. The number of rotatable bonds is 2. The fourth-order valence-corrected chi connectivity index (χ4v) is 1.98. The molecule has 0 spiro atoms. The Bertz CT molecular complexity index is 686. The number of nitrogens with zero attached hydrogens (tertiary/aromatic N) is 2. The second-order valence-electron chi connectivity index (χ2n) is 3.68. The Kier molecular flexibility index (Phi) is 3.71. The number of hydrogen-bond acceptors (Lipinski definition) is 2. The minimum absolute atomic E-state index is 0.107. The zero-order chi connectivity index (χ0) is 13.1. The van der Waals surface area contributed by atoms with E-state index < -0.39 is 0 Å². The van der Waals surface area contributed by atoms with Crippen LogP contribution in [0.4, 0.5) is 0 Å². The lowest BCUT2D eigenvalue weighted by molar-refractivity contribution is 0.757. The number of hydrogen-bond donors (Lipinski definition) is 0. The second kappa shape index (κ2) is 5.26. The molecule has 5 heteroatoms. The van der Waals surface area contributed by atoms with E-state index in [1.165, 1.54) is 10.6 Å². The monoisotopic (exact) mass is 278 g/mol. The fraction of sp³-hybridized carbons (Fsp3) is 0.0769. The lowest BCUT2D eigenvalue weighted by Crippen LogP contribution is -2.22. The van der Waals surface area contributed by atoms with E-state index in [2.05, 4.69) is 0 Å². The molecule has 0 saturated heterocycles. The third-order valence-corrected chi connectivity index (χ3v) is 3.37. The minimum atomic E-state index is -0.337. The van der Waals surface area contributed by atoms with Gasteiger partial charge in [-0.3, -0.25) is 4.79 Å². The van der Waals surface area contributed by atoms with E-state index in [1.54, 1.807) is 30.5 Å². The van der Waals surface area contributed by atoms with Crippen LogP contribution in [0.25, 0.3) is 0 Å². The van der Waals surface area contributed by atoms with E-state index in [-0.39, 0.29) is 17.7 Å². The maximum atomic E-state index is 11.9. The molecule has 1 heterocycles. The molecule has 3 nitrogen and oxygen atoms in total. The molecule has 1 aromatic carbocycles. The van der Waals surface area contributed by atoms with Crippen LogP contribution in [0.2, 0.25) is 10.0 Å². The number of halogens is 2. The van der Waals surface area contributed by atoms with Gasteiger partial charge in [-0.05, 0) is 23.8 Å². The quantitative estimate of drug-likeness (QED) is 0.848. The topological polar surface area (TPSA) is 45.8 Å². The molecule has 0 N–H and O–H groups in total. The summed E-state index contributed by atoms with van der Waals surface area (Å²) < 4.78 is 1.43. The summed E-state index contributed by atoms with van der Waals surface area (Å²) >= 11 is 12.0. The highest BCUT2D eigenvalue weighted by Gasteiger charge is 2.07. The fourth-order valence-electron chi connectivity index (χ4n) is 1.60. The Hall–Kier alpha value is -1.76. The predicted molar refractivity (Wildman–Crippen MR) is 71.0 cm³/mol. The minimum Gasteiger partial charge on any atom is -0.310 e. The molecule has 0 radical (unpaired) electrons. The van der Waals surface area contributed by atoms with Gasteiger partial charge in [0.15, 0.2) is 0 Å². The standard InChI is InChI=1S/C13H8Cl2N2O/c14-11-5-1-3-10(12(11)15)8-17-6-2-4-9(7-16)13(17)18/h1-6H,8H2. The van der Waals surface area contributed by atoms with Crippen molar-refractivity contribution in [1.82, 2.24) is 4.57 Å². The largest absolute Gasteiger partial charge is 0.310 e. The van der Waals surface area contributed by atoms with E-state index in [0.717, 1.165) is 5.56 Å². The van der Waals surface area contributed by atoms with Gasteiger partial charge in [0.25, 0.3) is 5.56 Å². The molecule has 0 aliphatic rings. The molecular weight excluding hydrogens is 271 g/mol. The molecule has 0 bridgehead atoms. The summed E-state index contributed by atoms with van der Waals surface area (Å²) in [6.45, 7) is 0.285. The Balaban J connectivity index is 2.45. The SMILES string of the molecule is N#Cc1cccn(Cc2cccc(Cl)c2Cl)c1=O. The zero-order valence-corrected chi connectivity index (χ0v) is 10.7. The van der Waals surface area contributed by atoms with Crippen LogP contribution in [0.1, 0.15) is 11.1 Å². The van der Waals surface area contributed by atoms with Gasteiger partial charge in [0, 0.05) is 6.20 Å². The second-order valence-corrected chi connectivity index (χ2v) is 4.46. The number of aromatic nitrogens is 1. The first kappa shape index (κ1) is 12.7. The Morgan fingerprint density at radius 3 is 2.72 bits per heavy atom. The molecule has 1 aromatic heterocycles. The van der Waals surface area contributed by atoms with Gasteiger partial charge in [0.1, 0.15) is 11.6 Å². The van der Waals surface area contributed by atoms with Gasteiger partial charge in [0.2, 0.25) is 0 Å². The third-order valence-electron chi connectivity index (χ3n) is 2.51. The van der Waals surface area contributed by atoms with Gasteiger partial charge < -0.3 is 4.57 Å². The summed E-state index contributed by atoms with van der Waals surface area (Å²) in [5.41, 5.74) is 0.507. The first-order valence-electron chi connectivity index (χ1n) is 5.16. The van der Waals surface area contributed by atoms with Gasteiger partial charge in [-0.25, -0.2) is 0 Å². The Morgan fingerprint density at radius 2 is 2.00 bits per heavy atom. The van der Waals surface area contributed by atoms with Crippen LogP contribution in [-0.4, -0.2) is 4.57 Å². The Labute approximate surface area is 114 Å². The molecule has 0 saturated carbocycles. The Morgan fingerprint density at radius 1 is 1.22 bits per heavy atom. The van der Waals surface area contributed by atoms with E-state index in [1.807, 2.05) is 6.07 Å². The van der Waals surface area contributed by atoms with Crippen molar-refractivity contribution in [1.29, 1.82) is 5.26 Å². The van der Waals surface area contributed by atoms with Crippen LogP contribution >= 0.6 is 23.2 Å². The molecular formula is C13H8Cl2N2O. The van der Waals surface area contributed by atoms with Crippen LogP contribution in [-0.2, 0) is 6.54 Å². The molecule has 0 fully saturated rings. The smallest absolute Gasteiger partial charge is 0.268 e. The molecule has 18 heavy (non-hydrogen) atoms. The van der Waals surface area contributed by atoms with Gasteiger partial charge >= 0.3 is 0 Å². The van der Waals surface area contributed by atoms with Crippen molar-refractivity contribution in [2.24, 2.45) is 0 Å². The molecule has 90 valence electrons. The third kappa shape index (κ3) is 2.40. The molecule has 0 aliphatic heterocycles. The highest BCUT2D eigenvalue weighted by molar-refractivity contribution is 6.42. The van der Waals surface area contributed by atoms with Crippen molar-refractivity contribution >= 4 is 23.2 Å². The van der Waals surface area contributed by atoms with Gasteiger partial charge in [-0.1, -0.05) is 35.3 Å². The molecule has 0 atom stereocenters.